The molecule has 0 fully saturated rings. The van der Waals surface area contributed by atoms with E-state index in [1.54, 1.807) is 12.1 Å². The van der Waals surface area contributed by atoms with Gasteiger partial charge in [0.05, 0.1) is 12.9 Å². The van der Waals surface area contributed by atoms with E-state index in [1.165, 1.54) is 18.2 Å². The van der Waals surface area contributed by atoms with Crippen molar-refractivity contribution in [1.29, 1.82) is 0 Å². The Morgan fingerprint density at radius 2 is 1.95 bits per heavy atom. The van der Waals surface area contributed by atoms with Crippen molar-refractivity contribution >= 4 is 11.8 Å². The van der Waals surface area contributed by atoms with Gasteiger partial charge in [-0.3, -0.25) is 14.4 Å². The molecule has 110 valence electrons. The third kappa shape index (κ3) is 4.47. The van der Waals surface area contributed by atoms with Gasteiger partial charge in [-0.15, -0.1) is 0 Å². The van der Waals surface area contributed by atoms with Gasteiger partial charge in [-0.05, 0) is 17.7 Å². The topological polar surface area (TPSA) is 71.8 Å². The zero-order valence-electron chi connectivity index (χ0n) is 11.6. The molecule has 0 unspecified atom stereocenters. The fraction of sp³-hybridized carbons (Fsp3) is 0.200. The van der Waals surface area contributed by atoms with E-state index in [1.807, 2.05) is 30.3 Å². The van der Waals surface area contributed by atoms with E-state index in [4.69, 9.17) is 9.25 Å². The molecule has 2 rings (SSSR count). The summed E-state index contributed by atoms with van der Waals surface area (Å²) in [4.78, 5) is 29.8. The van der Waals surface area contributed by atoms with Gasteiger partial charge in [-0.2, -0.15) is 0 Å². The van der Waals surface area contributed by atoms with Crippen LogP contribution in [0.1, 0.15) is 16.1 Å². The average Bonchev–Trinajstić information content (AvgIpc) is 3.01. The maximum Gasteiger partial charge on any atom is 0.289 e. The van der Waals surface area contributed by atoms with Crippen LogP contribution in [-0.4, -0.2) is 30.3 Å². The number of hydroxylamine groups is 1. The first-order chi connectivity index (χ1) is 10.2. The van der Waals surface area contributed by atoms with Crippen LogP contribution in [0.5, 0.6) is 0 Å². The second-order valence-electron chi connectivity index (χ2n) is 4.44. The summed E-state index contributed by atoms with van der Waals surface area (Å²) >= 11 is 0. The molecule has 0 bridgehead atoms. The molecular formula is C15H16N2O4. The standard InChI is InChI=1S/C15H16N2O4/c1-17(15(19)13-8-5-9-20-13)10-14(18)16-21-11-12-6-3-2-4-7-12/h2-9H,10-11H2,1H3,(H,16,18). The SMILES string of the molecule is CN(CC(=O)NOCc1ccccc1)C(=O)c1ccco1. The van der Waals surface area contributed by atoms with Crippen molar-refractivity contribution in [2.75, 3.05) is 13.6 Å². The molecule has 0 aliphatic rings. The fourth-order valence-corrected chi connectivity index (χ4v) is 1.68. The first-order valence-electron chi connectivity index (χ1n) is 6.40. The summed E-state index contributed by atoms with van der Waals surface area (Å²) in [5.74, 6) is -0.581. The van der Waals surface area contributed by atoms with Crippen LogP contribution in [0.3, 0.4) is 0 Å². The highest BCUT2D eigenvalue weighted by Gasteiger charge is 2.16. The van der Waals surface area contributed by atoms with E-state index in [0.29, 0.717) is 0 Å². The maximum absolute atomic E-state index is 11.8. The number of nitrogens with one attached hydrogen (secondary N) is 1. The Kier molecular flexibility index (Phi) is 5.11. The lowest BCUT2D eigenvalue weighted by molar-refractivity contribution is -0.135. The molecule has 0 aliphatic heterocycles. The number of likely N-dealkylation sites (N-methyl/N-ethyl adjacent to an activating group) is 1. The Morgan fingerprint density at radius 3 is 2.62 bits per heavy atom. The second-order valence-corrected chi connectivity index (χ2v) is 4.44. The van der Waals surface area contributed by atoms with Crippen LogP contribution in [-0.2, 0) is 16.2 Å². The second kappa shape index (κ2) is 7.25. The molecule has 2 amide bonds. The Morgan fingerprint density at radius 1 is 1.19 bits per heavy atom. The van der Waals surface area contributed by atoms with Gasteiger partial charge in [0.1, 0.15) is 6.54 Å². The summed E-state index contributed by atoms with van der Waals surface area (Å²) < 4.78 is 4.98. The number of amides is 2. The van der Waals surface area contributed by atoms with E-state index in [-0.39, 0.29) is 24.8 Å². The third-order valence-electron chi connectivity index (χ3n) is 2.73. The van der Waals surface area contributed by atoms with Crippen molar-refractivity contribution in [3.63, 3.8) is 0 Å². The number of benzene rings is 1. The van der Waals surface area contributed by atoms with Crippen molar-refractivity contribution in [2.24, 2.45) is 0 Å². The van der Waals surface area contributed by atoms with Crippen LogP contribution < -0.4 is 5.48 Å². The van der Waals surface area contributed by atoms with Gasteiger partial charge >= 0.3 is 0 Å². The van der Waals surface area contributed by atoms with Crippen LogP contribution in [0.15, 0.2) is 53.1 Å². The van der Waals surface area contributed by atoms with Crippen molar-refractivity contribution < 1.29 is 18.8 Å². The summed E-state index contributed by atoms with van der Waals surface area (Å²) in [6.45, 7) is 0.150. The molecular weight excluding hydrogens is 272 g/mol. The quantitative estimate of drug-likeness (QED) is 0.820. The highest BCUT2D eigenvalue weighted by Crippen LogP contribution is 2.04. The lowest BCUT2D eigenvalue weighted by atomic mass is 10.2. The maximum atomic E-state index is 11.8. The summed E-state index contributed by atoms with van der Waals surface area (Å²) in [6, 6.07) is 12.6. The van der Waals surface area contributed by atoms with Gasteiger partial charge in [-0.1, -0.05) is 30.3 Å². The highest BCUT2D eigenvalue weighted by atomic mass is 16.6. The van der Waals surface area contributed by atoms with E-state index in [0.717, 1.165) is 5.56 Å². The fourth-order valence-electron chi connectivity index (χ4n) is 1.68. The molecule has 6 nitrogen and oxygen atoms in total. The normalized spacial score (nSPS) is 10.1. The van der Waals surface area contributed by atoms with E-state index < -0.39 is 5.91 Å². The van der Waals surface area contributed by atoms with Crippen molar-refractivity contribution in [1.82, 2.24) is 10.4 Å². The molecule has 0 radical (unpaired) electrons. The van der Waals surface area contributed by atoms with E-state index in [2.05, 4.69) is 5.48 Å². The summed E-state index contributed by atoms with van der Waals surface area (Å²) in [5.41, 5.74) is 3.24. The lowest BCUT2D eigenvalue weighted by Gasteiger charge is -2.15. The minimum Gasteiger partial charge on any atom is -0.459 e. The van der Waals surface area contributed by atoms with Crippen LogP contribution in [0.25, 0.3) is 0 Å². The minimum atomic E-state index is -0.409. The predicted octanol–water partition coefficient (Wildman–Crippen LogP) is 1.60. The smallest absolute Gasteiger partial charge is 0.289 e. The number of hydrogen-bond acceptors (Lipinski definition) is 4. The molecule has 1 aromatic carbocycles. The average molecular weight is 288 g/mol. The number of hydrogen-bond donors (Lipinski definition) is 1. The largest absolute Gasteiger partial charge is 0.459 e. The number of rotatable bonds is 6. The number of furan rings is 1. The van der Waals surface area contributed by atoms with Gasteiger partial charge in [0.25, 0.3) is 11.8 Å². The zero-order valence-corrected chi connectivity index (χ0v) is 11.6. The number of carbonyl (C=O) groups is 2. The molecule has 0 spiro atoms. The molecule has 0 saturated carbocycles. The molecule has 2 aromatic rings. The highest BCUT2D eigenvalue weighted by molar-refractivity contribution is 5.93. The Hall–Kier alpha value is -2.60. The molecule has 0 saturated heterocycles. The third-order valence-corrected chi connectivity index (χ3v) is 2.73. The van der Waals surface area contributed by atoms with Crippen molar-refractivity contribution in [3.8, 4) is 0 Å². The van der Waals surface area contributed by atoms with Crippen molar-refractivity contribution in [2.45, 2.75) is 6.61 Å². The van der Waals surface area contributed by atoms with Gasteiger partial charge in [0.15, 0.2) is 5.76 Å². The summed E-state index contributed by atoms with van der Waals surface area (Å²) in [6.07, 6.45) is 1.41. The lowest BCUT2D eigenvalue weighted by Crippen LogP contribution is -2.38. The Labute approximate surface area is 122 Å². The monoisotopic (exact) mass is 288 g/mol. The molecule has 21 heavy (non-hydrogen) atoms. The molecule has 6 heteroatoms. The Balaban J connectivity index is 1.73. The molecule has 1 aromatic heterocycles. The molecule has 1 N–H and O–H groups in total. The van der Waals surface area contributed by atoms with Crippen molar-refractivity contribution in [3.05, 3.63) is 60.1 Å². The van der Waals surface area contributed by atoms with Gasteiger partial charge in [0.2, 0.25) is 0 Å². The summed E-state index contributed by atoms with van der Waals surface area (Å²) in [7, 11) is 1.52. The van der Waals surface area contributed by atoms with E-state index in [9.17, 15) is 9.59 Å². The molecule has 1 heterocycles. The molecule has 0 atom stereocenters. The minimum absolute atomic E-state index is 0.117. The van der Waals surface area contributed by atoms with Crippen LogP contribution >= 0.6 is 0 Å². The van der Waals surface area contributed by atoms with Gasteiger partial charge < -0.3 is 9.32 Å². The zero-order chi connectivity index (χ0) is 15.1. The van der Waals surface area contributed by atoms with Crippen LogP contribution in [0.2, 0.25) is 0 Å². The summed E-state index contributed by atoms with van der Waals surface area (Å²) in [5, 5.41) is 0. The number of carbonyl (C=O) groups excluding carboxylic acids is 2. The van der Waals surface area contributed by atoms with Gasteiger partial charge in [-0.25, -0.2) is 5.48 Å². The van der Waals surface area contributed by atoms with Crippen LogP contribution in [0, 0.1) is 0 Å². The first-order valence-corrected chi connectivity index (χ1v) is 6.40. The van der Waals surface area contributed by atoms with Crippen LogP contribution in [0.4, 0.5) is 0 Å². The van der Waals surface area contributed by atoms with Gasteiger partial charge in [0, 0.05) is 7.05 Å². The predicted molar refractivity (Wildman–Crippen MR) is 75.0 cm³/mol. The first kappa shape index (κ1) is 14.8. The molecule has 0 aliphatic carbocycles. The number of nitrogens with zero attached hydrogens (tertiary/aromatic N) is 1. The Bertz CT molecular complexity index is 581. The van der Waals surface area contributed by atoms with E-state index >= 15 is 0 Å².